The van der Waals surface area contributed by atoms with Crippen molar-refractivity contribution in [1.82, 2.24) is 10.6 Å². The normalized spacial score (nSPS) is 24.9. The summed E-state index contributed by atoms with van der Waals surface area (Å²) in [5.41, 5.74) is -1.24. The van der Waals surface area contributed by atoms with Gasteiger partial charge in [-0.3, -0.25) is 9.59 Å². The van der Waals surface area contributed by atoms with Gasteiger partial charge in [-0.1, -0.05) is 6.92 Å². The molecule has 0 aromatic heterocycles. The first-order chi connectivity index (χ1) is 10.5. The molecular formula is C16H28N2O5. The molecule has 0 heterocycles. The summed E-state index contributed by atoms with van der Waals surface area (Å²) in [6.45, 7) is 8.69. The van der Waals surface area contributed by atoms with Gasteiger partial charge in [0.25, 0.3) is 0 Å². The number of hydrogen-bond acceptors (Lipinski definition) is 5. The molecule has 0 saturated heterocycles. The number of alkyl carbamates (subject to hydrolysis) is 1. The van der Waals surface area contributed by atoms with Crippen molar-refractivity contribution < 1.29 is 23.9 Å². The number of nitrogens with one attached hydrogen (secondary N) is 2. The number of carbonyl (C=O) groups excluding carboxylic acids is 3. The summed E-state index contributed by atoms with van der Waals surface area (Å²) in [5.74, 6) is -0.753. The standard InChI is InChI=1S/C16H28N2O5/c1-7-12(17-14(21)23-15(3,4)5)16(18-10(2)19)8-11(9-16)13(20)22-6/h11-12H,7-9H2,1-6H3,(H,17,21)(H,18,19). The maximum absolute atomic E-state index is 12.0. The lowest BCUT2D eigenvalue weighted by Crippen LogP contribution is -2.69. The molecule has 2 N–H and O–H groups in total. The lowest BCUT2D eigenvalue weighted by Gasteiger charge is -2.51. The highest BCUT2D eigenvalue weighted by Gasteiger charge is 2.53. The Hall–Kier alpha value is -1.79. The molecule has 1 fully saturated rings. The zero-order valence-corrected chi connectivity index (χ0v) is 14.8. The maximum atomic E-state index is 12.0. The van der Waals surface area contributed by atoms with Crippen LogP contribution in [0.2, 0.25) is 0 Å². The molecular weight excluding hydrogens is 300 g/mol. The van der Waals surface area contributed by atoms with Gasteiger partial charge in [0.15, 0.2) is 0 Å². The van der Waals surface area contributed by atoms with Crippen LogP contribution in [0.25, 0.3) is 0 Å². The minimum atomic E-state index is -0.643. The van der Waals surface area contributed by atoms with Crippen molar-refractivity contribution in [2.24, 2.45) is 5.92 Å². The molecule has 1 aliphatic rings. The van der Waals surface area contributed by atoms with Crippen LogP contribution < -0.4 is 10.6 Å². The third-order valence-corrected chi connectivity index (χ3v) is 3.95. The van der Waals surface area contributed by atoms with Crippen molar-refractivity contribution >= 4 is 18.0 Å². The van der Waals surface area contributed by atoms with E-state index in [1.807, 2.05) is 6.92 Å². The van der Waals surface area contributed by atoms with Crippen LogP contribution in [-0.4, -0.2) is 42.3 Å². The van der Waals surface area contributed by atoms with Crippen LogP contribution in [0.3, 0.4) is 0 Å². The number of rotatable bonds is 5. The van der Waals surface area contributed by atoms with E-state index in [1.54, 1.807) is 20.8 Å². The van der Waals surface area contributed by atoms with Gasteiger partial charge in [-0.2, -0.15) is 0 Å². The summed E-state index contributed by atoms with van der Waals surface area (Å²) >= 11 is 0. The minimum Gasteiger partial charge on any atom is -0.469 e. The predicted octanol–water partition coefficient (Wildman–Crippen LogP) is 1.75. The fourth-order valence-electron chi connectivity index (χ4n) is 3.06. The van der Waals surface area contributed by atoms with E-state index >= 15 is 0 Å². The Morgan fingerprint density at radius 3 is 2.22 bits per heavy atom. The second kappa shape index (κ2) is 7.19. The molecule has 0 spiro atoms. The van der Waals surface area contributed by atoms with Gasteiger partial charge in [-0.05, 0) is 40.0 Å². The number of esters is 1. The first-order valence-electron chi connectivity index (χ1n) is 7.89. The molecule has 0 radical (unpaired) electrons. The number of hydrogen-bond donors (Lipinski definition) is 2. The van der Waals surface area contributed by atoms with Crippen LogP contribution in [-0.2, 0) is 19.1 Å². The molecule has 1 unspecified atom stereocenters. The van der Waals surface area contributed by atoms with Gasteiger partial charge < -0.3 is 20.1 Å². The van der Waals surface area contributed by atoms with Gasteiger partial charge >= 0.3 is 12.1 Å². The smallest absolute Gasteiger partial charge is 0.407 e. The lowest BCUT2D eigenvalue weighted by molar-refractivity contribution is -0.153. The zero-order chi connectivity index (χ0) is 17.8. The third-order valence-electron chi connectivity index (χ3n) is 3.95. The molecule has 132 valence electrons. The fraction of sp³-hybridized carbons (Fsp3) is 0.812. The largest absolute Gasteiger partial charge is 0.469 e. The topological polar surface area (TPSA) is 93.7 Å². The molecule has 2 amide bonds. The van der Waals surface area contributed by atoms with Gasteiger partial charge in [0.05, 0.1) is 24.6 Å². The van der Waals surface area contributed by atoms with E-state index in [4.69, 9.17) is 9.47 Å². The summed E-state index contributed by atoms with van der Waals surface area (Å²) in [4.78, 5) is 35.2. The molecule has 1 aliphatic carbocycles. The third kappa shape index (κ3) is 5.11. The molecule has 1 atom stereocenters. The Morgan fingerprint density at radius 2 is 1.83 bits per heavy atom. The second-order valence-electron chi connectivity index (χ2n) is 7.07. The lowest BCUT2D eigenvalue weighted by atomic mass is 9.63. The van der Waals surface area contributed by atoms with Crippen LogP contribution >= 0.6 is 0 Å². The quantitative estimate of drug-likeness (QED) is 0.750. The van der Waals surface area contributed by atoms with Crippen molar-refractivity contribution in [3.05, 3.63) is 0 Å². The minimum absolute atomic E-state index is 0.197. The summed E-state index contributed by atoms with van der Waals surface area (Å²) in [5, 5.41) is 5.72. The van der Waals surface area contributed by atoms with Crippen LogP contribution in [0.5, 0.6) is 0 Å². The molecule has 1 rings (SSSR count). The van der Waals surface area contributed by atoms with Gasteiger partial charge in [0, 0.05) is 6.92 Å². The van der Waals surface area contributed by atoms with Gasteiger partial charge in [0.1, 0.15) is 5.60 Å². The van der Waals surface area contributed by atoms with Crippen LogP contribution in [0.15, 0.2) is 0 Å². The highest BCUT2D eigenvalue weighted by atomic mass is 16.6. The molecule has 0 aromatic rings. The van der Waals surface area contributed by atoms with E-state index in [0.717, 1.165) is 0 Å². The molecule has 0 aliphatic heterocycles. The highest BCUT2D eigenvalue weighted by Crippen LogP contribution is 2.42. The van der Waals surface area contributed by atoms with Crippen molar-refractivity contribution in [1.29, 1.82) is 0 Å². The summed E-state index contributed by atoms with van der Waals surface area (Å²) in [6, 6.07) is -0.317. The monoisotopic (exact) mass is 328 g/mol. The van der Waals surface area contributed by atoms with Crippen molar-refractivity contribution in [2.45, 2.75) is 71.1 Å². The first-order valence-corrected chi connectivity index (χ1v) is 7.89. The van der Waals surface area contributed by atoms with Crippen molar-refractivity contribution in [2.75, 3.05) is 7.11 Å². The molecule has 1 saturated carbocycles. The van der Waals surface area contributed by atoms with E-state index in [-0.39, 0.29) is 23.8 Å². The summed E-state index contributed by atoms with van der Waals surface area (Å²) in [7, 11) is 1.34. The van der Waals surface area contributed by atoms with Gasteiger partial charge in [-0.15, -0.1) is 0 Å². The van der Waals surface area contributed by atoms with Gasteiger partial charge in [0.2, 0.25) is 5.91 Å². The molecule has 0 bridgehead atoms. The Kier molecular flexibility index (Phi) is 6.02. The predicted molar refractivity (Wildman–Crippen MR) is 84.7 cm³/mol. The van der Waals surface area contributed by atoms with Gasteiger partial charge in [-0.25, -0.2) is 4.79 Å². The highest BCUT2D eigenvalue weighted by molar-refractivity contribution is 5.78. The van der Waals surface area contributed by atoms with E-state index in [9.17, 15) is 14.4 Å². The Morgan fingerprint density at radius 1 is 1.26 bits per heavy atom. The SMILES string of the molecule is CCC(NC(=O)OC(C)(C)C)C1(NC(C)=O)CC(C(=O)OC)C1. The number of methoxy groups -OCH3 is 1. The summed E-state index contributed by atoms with van der Waals surface area (Å²) < 4.78 is 10.0. The molecule has 0 aromatic carbocycles. The van der Waals surface area contributed by atoms with Crippen LogP contribution in [0.1, 0.15) is 53.9 Å². The van der Waals surface area contributed by atoms with Crippen LogP contribution in [0, 0.1) is 5.92 Å². The summed E-state index contributed by atoms with van der Waals surface area (Å²) in [6.07, 6.45) is 0.949. The van der Waals surface area contributed by atoms with E-state index in [2.05, 4.69) is 10.6 Å². The maximum Gasteiger partial charge on any atom is 0.407 e. The zero-order valence-electron chi connectivity index (χ0n) is 14.8. The Bertz CT molecular complexity index is 464. The Balaban J connectivity index is 2.82. The van der Waals surface area contributed by atoms with Crippen molar-refractivity contribution in [3.8, 4) is 0 Å². The number of amides is 2. The molecule has 7 nitrogen and oxygen atoms in total. The average molecular weight is 328 g/mol. The fourth-order valence-corrected chi connectivity index (χ4v) is 3.06. The number of ether oxygens (including phenoxy) is 2. The van der Waals surface area contributed by atoms with E-state index in [1.165, 1.54) is 14.0 Å². The number of carbonyl (C=O) groups is 3. The second-order valence-corrected chi connectivity index (χ2v) is 7.07. The van der Waals surface area contributed by atoms with E-state index < -0.39 is 17.2 Å². The molecule has 7 heteroatoms. The van der Waals surface area contributed by atoms with Crippen molar-refractivity contribution in [3.63, 3.8) is 0 Å². The molecule has 23 heavy (non-hydrogen) atoms. The first kappa shape index (κ1) is 19.3. The van der Waals surface area contributed by atoms with Crippen LogP contribution in [0.4, 0.5) is 4.79 Å². The Labute approximate surface area is 137 Å². The van der Waals surface area contributed by atoms with E-state index in [0.29, 0.717) is 19.3 Å². The average Bonchev–Trinajstić information content (AvgIpc) is 2.36.